The lowest BCUT2D eigenvalue weighted by atomic mass is 9.95. The number of nitro groups is 1. The topological polar surface area (TPSA) is 104 Å². The molecule has 1 unspecified atom stereocenters. The first-order chi connectivity index (χ1) is 9.43. The van der Waals surface area contributed by atoms with E-state index < -0.39 is 10.5 Å². The van der Waals surface area contributed by atoms with Crippen molar-refractivity contribution in [1.29, 1.82) is 0 Å². The van der Waals surface area contributed by atoms with Gasteiger partial charge in [0, 0.05) is 19.6 Å². The molecule has 1 aromatic heterocycles. The van der Waals surface area contributed by atoms with Crippen molar-refractivity contribution in [1.82, 2.24) is 9.97 Å². The molecule has 1 saturated heterocycles. The van der Waals surface area contributed by atoms with E-state index in [1.807, 2.05) is 6.92 Å². The molecule has 1 fully saturated rings. The fourth-order valence-electron chi connectivity index (χ4n) is 2.37. The van der Waals surface area contributed by atoms with Crippen LogP contribution in [0.15, 0.2) is 6.20 Å². The van der Waals surface area contributed by atoms with E-state index in [9.17, 15) is 15.2 Å². The quantitative estimate of drug-likeness (QED) is 0.630. The Morgan fingerprint density at radius 2 is 2.40 bits per heavy atom. The molecule has 0 spiro atoms. The van der Waals surface area contributed by atoms with Gasteiger partial charge >= 0.3 is 5.69 Å². The van der Waals surface area contributed by atoms with Gasteiger partial charge in [-0.2, -0.15) is 4.98 Å². The smallest absolute Gasteiger partial charge is 0.329 e. The Bertz CT molecular complexity index is 506. The summed E-state index contributed by atoms with van der Waals surface area (Å²) in [5.41, 5.74) is -0.987. The van der Waals surface area contributed by atoms with Gasteiger partial charge in [-0.3, -0.25) is 10.1 Å². The van der Waals surface area contributed by atoms with E-state index in [0.717, 1.165) is 6.42 Å². The number of anilines is 2. The van der Waals surface area contributed by atoms with Crippen LogP contribution in [0.25, 0.3) is 0 Å². The van der Waals surface area contributed by atoms with E-state index in [1.165, 1.54) is 6.20 Å². The zero-order chi connectivity index (χ0) is 14.8. The molecule has 0 aliphatic carbocycles. The van der Waals surface area contributed by atoms with Gasteiger partial charge in [0.05, 0.1) is 10.5 Å². The van der Waals surface area contributed by atoms with Gasteiger partial charge in [0.2, 0.25) is 11.8 Å². The van der Waals surface area contributed by atoms with Crippen LogP contribution in [0.4, 0.5) is 17.5 Å². The minimum atomic E-state index is -0.852. The van der Waals surface area contributed by atoms with Gasteiger partial charge in [-0.05, 0) is 26.7 Å². The summed E-state index contributed by atoms with van der Waals surface area (Å²) in [7, 11) is 0. The molecule has 0 aromatic carbocycles. The Kier molecular flexibility index (Phi) is 4.03. The first-order valence-corrected chi connectivity index (χ1v) is 6.65. The fraction of sp³-hybridized carbons (Fsp3) is 0.667. The molecule has 0 bridgehead atoms. The Morgan fingerprint density at radius 3 is 3.00 bits per heavy atom. The van der Waals surface area contributed by atoms with Crippen molar-refractivity contribution in [2.24, 2.45) is 0 Å². The third-order valence-corrected chi connectivity index (χ3v) is 3.26. The number of piperidine rings is 1. The van der Waals surface area contributed by atoms with Crippen molar-refractivity contribution in [3.05, 3.63) is 16.3 Å². The van der Waals surface area contributed by atoms with Gasteiger partial charge in [-0.15, -0.1) is 0 Å². The van der Waals surface area contributed by atoms with Crippen molar-refractivity contribution >= 4 is 17.5 Å². The van der Waals surface area contributed by atoms with E-state index in [4.69, 9.17) is 0 Å². The summed E-state index contributed by atoms with van der Waals surface area (Å²) in [4.78, 5) is 20.5. The van der Waals surface area contributed by atoms with Crippen LogP contribution in [0, 0.1) is 10.1 Å². The third-order valence-electron chi connectivity index (χ3n) is 3.26. The van der Waals surface area contributed by atoms with Crippen LogP contribution in [-0.2, 0) is 0 Å². The fourth-order valence-corrected chi connectivity index (χ4v) is 2.37. The largest absolute Gasteiger partial charge is 0.388 e. The summed E-state index contributed by atoms with van der Waals surface area (Å²) >= 11 is 0. The second kappa shape index (κ2) is 5.58. The predicted octanol–water partition coefficient (Wildman–Crippen LogP) is 1.17. The Hall–Kier alpha value is -1.96. The number of hydrogen-bond donors (Lipinski definition) is 2. The standard InChI is InChI=1S/C12H19N5O3/c1-3-13-11-14-7-9(17(19)20)10(15-11)16-6-4-5-12(2,18)8-16/h7,18H,3-6,8H2,1-2H3,(H,13,14,15). The molecule has 2 rings (SSSR count). The highest BCUT2D eigenvalue weighted by molar-refractivity contribution is 5.59. The maximum Gasteiger partial charge on any atom is 0.329 e. The molecule has 2 heterocycles. The molecule has 1 aromatic rings. The molecule has 0 saturated carbocycles. The first-order valence-electron chi connectivity index (χ1n) is 6.65. The van der Waals surface area contributed by atoms with Crippen LogP contribution in [0.3, 0.4) is 0 Å². The molecule has 8 nitrogen and oxygen atoms in total. The second-order valence-electron chi connectivity index (χ2n) is 5.21. The van der Waals surface area contributed by atoms with Crippen molar-refractivity contribution in [2.45, 2.75) is 32.3 Å². The van der Waals surface area contributed by atoms with Crippen molar-refractivity contribution < 1.29 is 10.0 Å². The van der Waals surface area contributed by atoms with Crippen LogP contribution >= 0.6 is 0 Å². The number of nitrogens with one attached hydrogen (secondary N) is 1. The maximum atomic E-state index is 11.1. The average Bonchev–Trinajstić information content (AvgIpc) is 2.37. The van der Waals surface area contributed by atoms with Gasteiger partial charge in [0.15, 0.2) is 0 Å². The Labute approximate surface area is 117 Å². The lowest BCUT2D eigenvalue weighted by Gasteiger charge is -2.37. The highest BCUT2D eigenvalue weighted by atomic mass is 16.6. The molecule has 110 valence electrons. The molecule has 8 heteroatoms. The summed E-state index contributed by atoms with van der Waals surface area (Å²) in [5, 5.41) is 24.2. The number of nitrogens with zero attached hydrogens (tertiary/aromatic N) is 4. The van der Waals surface area contributed by atoms with Crippen LogP contribution in [0.5, 0.6) is 0 Å². The minimum absolute atomic E-state index is 0.135. The zero-order valence-corrected chi connectivity index (χ0v) is 11.7. The van der Waals surface area contributed by atoms with Gasteiger partial charge < -0.3 is 15.3 Å². The van der Waals surface area contributed by atoms with Crippen LogP contribution in [-0.4, -0.2) is 45.2 Å². The Morgan fingerprint density at radius 1 is 1.65 bits per heavy atom. The molecule has 0 radical (unpaired) electrons. The SMILES string of the molecule is CCNc1ncc([N+](=O)[O-])c(N2CCCC(C)(O)C2)n1. The highest BCUT2D eigenvalue weighted by Crippen LogP contribution is 2.31. The summed E-state index contributed by atoms with van der Waals surface area (Å²) in [6, 6.07) is 0. The third kappa shape index (κ3) is 3.13. The van der Waals surface area contributed by atoms with E-state index >= 15 is 0 Å². The van der Waals surface area contributed by atoms with Gasteiger partial charge in [-0.25, -0.2) is 4.98 Å². The number of β-amino-alcohol motifs (C(OH)–C–C–N with tert-alkyl or cyclic N) is 1. The normalized spacial score (nSPS) is 22.6. The molecule has 1 aliphatic heterocycles. The summed E-state index contributed by atoms with van der Waals surface area (Å²) < 4.78 is 0. The molecule has 1 aliphatic rings. The number of rotatable bonds is 4. The van der Waals surface area contributed by atoms with Crippen LogP contribution < -0.4 is 10.2 Å². The second-order valence-corrected chi connectivity index (χ2v) is 5.21. The van der Waals surface area contributed by atoms with Crippen molar-refractivity contribution in [3.8, 4) is 0 Å². The minimum Gasteiger partial charge on any atom is -0.388 e. The summed E-state index contributed by atoms with van der Waals surface area (Å²) in [5.74, 6) is 0.624. The van der Waals surface area contributed by atoms with Crippen molar-refractivity contribution in [2.75, 3.05) is 29.9 Å². The highest BCUT2D eigenvalue weighted by Gasteiger charge is 2.32. The average molecular weight is 281 g/mol. The molecular weight excluding hydrogens is 262 g/mol. The molecule has 0 amide bonds. The van der Waals surface area contributed by atoms with Gasteiger partial charge in [0.1, 0.15) is 6.20 Å². The van der Waals surface area contributed by atoms with E-state index in [-0.39, 0.29) is 11.5 Å². The summed E-state index contributed by atoms with van der Waals surface area (Å²) in [6.45, 7) is 5.23. The van der Waals surface area contributed by atoms with E-state index in [2.05, 4.69) is 15.3 Å². The van der Waals surface area contributed by atoms with E-state index in [0.29, 0.717) is 32.0 Å². The zero-order valence-electron chi connectivity index (χ0n) is 11.7. The number of hydrogen-bond acceptors (Lipinski definition) is 7. The van der Waals surface area contributed by atoms with Crippen LogP contribution in [0.2, 0.25) is 0 Å². The van der Waals surface area contributed by atoms with Crippen LogP contribution in [0.1, 0.15) is 26.7 Å². The molecule has 1 atom stereocenters. The summed E-state index contributed by atoms with van der Waals surface area (Å²) in [6.07, 6.45) is 2.66. The lowest BCUT2D eigenvalue weighted by Crippen LogP contribution is -2.46. The first kappa shape index (κ1) is 14.4. The molecule has 20 heavy (non-hydrogen) atoms. The van der Waals surface area contributed by atoms with Crippen molar-refractivity contribution in [3.63, 3.8) is 0 Å². The molecule has 2 N–H and O–H groups in total. The Balaban J connectivity index is 2.36. The van der Waals surface area contributed by atoms with E-state index in [1.54, 1.807) is 11.8 Å². The predicted molar refractivity (Wildman–Crippen MR) is 74.9 cm³/mol. The number of aliphatic hydroxyl groups is 1. The monoisotopic (exact) mass is 281 g/mol. The maximum absolute atomic E-state index is 11.1. The van der Waals surface area contributed by atoms with Gasteiger partial charge in [0.25, 0.3) is 0 Å². The lowest BCUT2D eigenvalue weighted by molar-refractivity contribution is -0.384. The number of aromatic nitrogens is 2. The molecular formula is C12H19N5O3. The van der Waals surface area contributed by atoms with Gasteiger partial charge in [-0.1, -0.05) is 0 Å².